The molecule has 22 nitrogen and oxygen atoms in total. The molecule has 4 saturated heterocycles. The summed E-state index contributed by atoms with van der Waals surface area (Å²) in [6, 6.07) is 19.3. The minimum absolute atomic E-state index is 0.218. The van der Waals surface area contributed by atoms with Crippen molar-refractivity contribution in [1.82, 2.24) is 9.80 Å². The molecule has 0 aromatic heterocycles. The third-order valence-electron chi connectivity index (χ3n) is 26.7. The average Bonchev–Trinajstić information content (AvgIpc) is 0.686. The van der Waals surface area contributed by atoms with Crippen molar-refractivity contribution in [3.8, 4) is 0 Å². The van der Waals surface area contributed by atoms with Crippen molar-refractivity contribution in [3.63, 3.8) is 0 Å². The van der Waals surface area contributed by atoms with Crippen LogP contribution in [0.3, 0.4) is 0 Å². The summed E-state index contributed by atoms with van der Waals surface area (Å²) >= 11 is 0. The van der Waals surface area contributed by atoms with Gasteiger partial charge in [-0.15, -0.1) is 0 Å². The first-order valence-electron chi connectivity index (χ1n) is 51.4. The highest BCUT2D eigenvalue weighted by atomic mass is 28.6. The van der Waals surface area contributed by atoms with E-state index in [4.69, 9.17) is 65.8 Å². The molecule has 0 saturated carbocycles. The van der Waals surface area contributed by atoms with Crippen molar-refractivity contribution in [2.45, 2.75) is 451 Å². The Bertz CT molecular complexity index is 4090. The van der Waals surface area contributed by atoms with E-state index in [2.05, 4.69) is 208 Å². The second kappa shape index (κ2) is 44.8. The van der Waals surface area contributed by atoms with Gasteiger partial charge in [0.25, 0.3) is 23.6 Å². The fourth-order valence-electron chi connectivity index (χ4n) is 24.0. The van der Waals surface area contributed by atoms with Gasteiger partial charge in [-0.2, -0.15) is 0 Å². The summed E-state index contributed by atoms with van der Waals surface area (Å²) in [5.41, 5.74) is 2.23. The molecule has 0 N–H and O–H groups in total. The molecule has 6 aliphatic rings. The van der Waals surface area contributed by atoms with Gasteiger partial charge in [-0.25, -0.2) is 0 Å². The molecule has 0 spiro atoms. The van der Waals surface area contributed by atoms with E-state index < -0.39 is 137 Å². The van der Waals surface area contributed by atoms with Crippen molar-refractivity contribution in [2.24, 2.45) is 0 Å². The normalized spacial score (nSPS) is 23.0. The second-order valence-electron chi connectivity index (χ2n) is 45.8. The van der Waals surface area contributed by atoms with Crippen LogP contribution in [0.25, 0.3) is 43.1 Å². The molecule has 0 bridgehead atoms. The SMILES string of the molecule is C[Si]1(C)O[Si](C)(C)O[Si](C)(CCCCCCCCCCC(CCCCCCCCCC[Si]2(C)O[Si](C)(C)O[Si](C)(C)O[Si](C)(C)O2)N2C(=O)c3ccc4c5ccc6c7c(ccc(c8ccc(c3c48)C2=O)c75)C(=O)N(C(CCCCCCCCCC[Si]2(C)O[Si](C)(C)O[Si](C)(C)O[Si](C)(C)O2)CCCCCCCCCC[Si]2(C)O[Si](C)(C)O[Si](C)(C)O[Si](C)(C)O2)C6=O)O[Si](C)(C)O1. The van der Waals surface area contributed by atoms with Crippen LogP contribution >= 0.6 is 0 Å². The molecule has 0 aliphatic carbocycles. The summed E-state index contributed by atoms with van der Waals surface area (Å²) in [6.45, 7) is 60.0. The van der Waals surface area contributed by atoms with E-state index >= 15 is 19.2 Å². The number of fused-ring (bicyclic) bond motifs is 2. The zero-order valence-corrected chi connectivity index (χ0v) is 103. The fraction of sp³-hybridized carbons (Fsp3) is 0.745. The van der Waals surface area contributed by atoms with Crippen LogP contribution in [0.15, 0.2) is 48.5 Å². The lowest BCUT2D eigenvalue weighted by atomic mass is 9.81. The van der Waals surface area contributed by atoms with Gasteiger partial charge in [-0.3, -0.25) is 29.0 Å². The maximum Gasteiger partial charge on any atom is 0.317 e. The third kappa shape index (κ3) is 31.3. The number of imide groups is 2. The molecular weight excluding hydrogens is 1930 g/mol. The van der Waals surface area contributed by atoms with Crippen LogP contribution in [-0.4, -0.2) is 182 Å². The summed E-state index contributed by atoms with van der Waals surface area (Å²) in [5, 5.41) is 6.79. The van der Waals surface area contributed by atoms with Crippen LogP contribution in [-0.2, 0) is 65.8 Å². The molecule has 6 aliphatic heterocycles. The Morgan fingerprint density at radius 3 is 0.477 bits per heavy atom. The van der Waals surface area contributed by atoms with Crippen molar-refractivity contribution in [2.75, 3.05) is 0 Å². The van der Waals surface area contributed by atoms with Crippen LogP contribution in [0.1, 0.15) is 273 Å². The summed E-state index contributed by atoms with van der Waals surface area (Å²) in [5.74, 6) is -0.873. The van der Waals surface area contributed by atoms with Gasteiger partial charge in [0.05, 0.1) is 0 Å². The Balaban J connectivity index is 0.741. The third-order valence-corrected chi connectivity index (χ3v) is 92.8. The lowest BCUT2D eigenvalue weighted by Crippen LogP contribution is -2.65. The van der Waals surface area contributed by atoms with Gasteiger partial charge in [0.1, 0.15) is 0 Å². The van der Waals surface area contributed by atoms with E-state index in [1.54, 1.807) is 9.80 Å². The highest BCUT2D eigenvalue weighted by Crippen LogP contribution is 2.49. The molecule has 0 radical (unpaired) electrons. The molecule has 4 fully saturated rings. The molecule has 5 aromatic carbocycles. The number of carbonyl (C=O) groups excluding carboxylic acids is 4. The molecule has 5 aromatic rings. The van der Waals surface area contributed by atoms with Gasteiger partial charge in [0.2, 0.25) is 0 Å². The first-order chi connectivity index (χ1) is 61.3. The lowest BCUT2D eigenvalue weighted by molar-refractivity contribution is 0.0501. The van der Waals surface area contributed by atoms with E-state index in [-0.39, 0.29) is 35.7 Å². The van der Waals surface area contributed by atoms with Crippen molar-refractivity contribution < 1.29 is 85.0 Å². The van der Waals surface area contributed by atoms with Crippen LogP contribution in [0.4, 0.5) is 0 Å². The number of hydrogen-bond donors (Lipinski definition) is 0. The number of hydrogen-bond acceptors (Lipinski definition) is 20. The molecule has 0 unspecified atom stereocenters. The van der Waals surface area contributed by atoms with Gasteiger partial charge in [-0.1, -0.05) is 230 Å². The van der Waals surface area contributed by atoms with Gasteiger partial charge in [-0.05, 0) is 290 Å². The predicted molar refractivity (Wildman–Crippen MR) is 575 cm³/mol. The van der Waals surface area contributed by atoms with Crippen LogP contribution in [0, 0.1) is 0 Å². The quantitative estimate of drug-likeness (QED) is 0.0116. The minimum Gasteiger partial charge on any atom is -0.416 e. The highest BCUT2D eigenvalue weighted by molar-refractivity contribution is 6.96. The number of amides is 4. The highest BCUT2D eigenvalue weighted by Gasteiger charge is 2.58. The van der Waals surface area contributed by atoms with E-state index in [1.165, 1.54) is 0 Å². The van der Waals surface area contributed by atoms with Crippen molar-refractivity contribution >= 4 is 204 Å². The van der Waals surface area contributed by atoms with Crippen LogP contribution < -0.4 is 0 Å². The Kier molecular flexibility index (Phi) is 37.6. The molecular formula is C94H174N2O20Si16. The van der Waals surface area contributed by atoms with E-state index in [9.17, 15) is 0 Å². The number of benzene rings is 5. The monoisotopic (exact) mass is 2100 g/mol. The zero-order chi connectivity index (χ0) is 96.8. The summed E-state index contributed by atoms with van der Waals surface area (Å²) < 4.78 is 108. The Hall–Kier alpha value is -1.49. The molecule has 132 heavy (non-hydrogen) atoms. The molecule has 6 heterocycles. The maximum atomic E-state index is 15.6. The number of unbranched alkanes of at least 4 members (excludes halogenated alkanes) is 28. The van der Waals surface area contributed by atoms with E-state index in [0.29, 0.717) is 33.0 Å². The van der Waals surface area contributed by atoms with E-state index in [0.717, 1.165) is 288 Å². The second-order valence-corrected chi connectivity index (χ2v) is 104. The summed E-state index contributed by atoms with van der Waals surface area (Å²) in [7, 11) is -38.9. The fourth-order valence-corrected chi connectivity index (χ4v) is 111. The summed E-state index contributed by atoms with van der Waals surface area (Å²) in [6.07, 6.45) is 38.0. The van der Waals surface area contributed by atoms with Gasteiger partial charge in [0, 0.05) is 45.1 Å². The predicted octanol–water partition coefficient (Wildman–Crippen LogP) is 28.7. The minimum atomic E-state index is -2.51. The van der Waals surface area contributed by atoms with Crippen molar-refractivity contribution in [1.29, 1.82) is 0 Å². The largest absolute Gasteiger partial charge is 0.416 e. The van der Waals surface area contributed by atoms with Crippen molar-refractivity contribution in [3.05, 3.63) is 70.8 Å². The standard InChI is InChI=1S/C94H174N2O20Si16/c1-117(2)101-121(9,10)109-129(25,110-122(11,12)102-117)73-57-49-41-33-29-37-45-53-61-77(62-54-46-38-30-34-42-50-58-74-130(26)111-123(13,14)103-118(3,4)104-124(15,16)112-130)95-91(97)83-69-65-79-81-67-71-85-90-86(72-68-82(88(81)90)80-66-70-84(92(95)98)89(83)87(79)80)94(100)96(93(85)99)78(63-55-47-39-31-35-43-51-59-75-131(27)113-125(17,18)105-119(5,6)106-126(19,20)114-131)64-56-48-40-32-36-44-52-60-76-132(28)115-127(21,22)107-120(7,8)108-128(23,24)116-132/h65-72,77-78H,29-64,73-76H2,1-28H3. The van der Waals surface area contributed by atoms with Gasteiger partial charge >= 0.3 is 137 Å². The first-order valence-corrected chi connectivity index (χ1v) is 95.3. The zero-order valence-electron chi connectivity index (χ0n) is 87.1. The maximum absolute atomic E-state index is 15.6. The average molecular weight is 2100 g/mol. The number of carbonyl (C=O) groups is 4. The number of nitrogens with zero attached hydrogens (tertiary/aromatic N) is 2. The van der Waals surface area contributed by atoms with Gasteiger partial charge < -0.3 is 65.8 Å². The molecule has 4 amide bonds. The van der Waals surface area contributed by atoms with Gasteiger partial charge in [0.15, 0.2) is 0 Å². The Morgan fingerprint density at radius 2 is 0.318 bits per heavy atom. The smallest absolute Gasteiger partial charge is 0.317 e. The topological polar surface area (TPSA) is 222 Å². The number of rotatable bonds is 46. The van der Waals surface area contributed by atoms with Crippen LogP contribution in [0.2, 0.25) is 207 Å². The molecule has 0 atom stereocenters. The molecule has 744 valence electrons. The lowest BCUT2D eigenvalue weighted by Gasteiger charge is -2.47. The molecule has 38 heteroatoms. The Labute approximate surface area is 813 Å². The summed E-state index contributed by atoms with van der Waals surface area (Å²) in [4.78, 5) is 65.8. The van der Waals surface area contributed by atoms with Crippen LogP contribution in [0.5, 0.6) is 0 Å². The van der Waals surface area contributed by atoms with E-state index in [1.807, 2.05) is 24.3 Å². The first kappa shape index (κ1) is 111. The Morgan fingerprint density at radius 1 is 0.182 bits per heavy atom. The molecule has 11 rings (SSSR count).